The van der Waals surface area contributed by atoms with Crippen LogP contribution in [0, 0.1) is 11.3 Å². The van der Waals surface area contributed by atoms with E-state index < -0.39 is 11.9 Å². The SMILES string of the molecule is CCC(=O)Nc1cc2onc(C(=O)Nc3ccc(C#N)cc3C(=O)O)c2cc1-c1ccc(NC(C)=O)cc1. The Bertz CT molecular complexity index is 1630. The van der Waals surface area contributed by atoms with Gasteiger partial charge in [-0.3, -0.25) is 14.4 Å². The van der Waals surface area contributed by atoms with Crippen LogP contribution in [-0.4, -0.2) is 34.0 Å². The Morgan fingerprint density at radius 1 is 0.974 bits per heavy atom. The van der Waals surface area contributed by atoms with Crippen molar-refractivity contribution in [1.29, 1.82) is 5.26 Å². The van der Waals surface area contributed by atoms with Gasteiger partial charge in [-0.2, -0.15) is 5.26 Å². The molecule has 0 aliphatic heterocycles. The average Bonchev–Trinajstić information content (AvgIpc) is 3.31. The third-order valence-electron chi connectivity index (χ3n) is 5.56. The van der Waals surface area contributed by atoms with Crippen LogP contribution >= 0.6 is 0 Å². The number of carbonyl (C=O) groups is 4. The number of carboxylic acid groups (broad SMARTS) is 1. The maximum absolute atomic E-state index is 13.1. The van der Waals surface area contributed by atoms with Crippen LogP contribution in [0.2, 0.25) is 0 Å². The van der Waals surface area contributed by atoms with E-state index in [9.17, 15) is 24.3 Å². The molecular formula is C27H21N5O6. The largest absolute Gasteiger partial charge is 0.478 e. The van der Waals surface area contributed by atoms with Crippen LogP contribution in [0.25, 0.3) is 22.1 Å². The third-order valence-corrected chi connectivity index (χ3v) is 5.56. The van der Waals surface area contributed by atoms with E-state index in [0.29, 0.717) is 27.9 Å². The number of nitrogens with zero attached hydrogens (tertiary/aromatic N) is 2. The second-order valence-electron chi connectivity index (χ2n) is 8.22. The van der Waals surface area contributed by atoms with E-state index in [2.05, 4.69) is 21.1 Å². The van der Waals surface area contributed by atoms with Crippen molar-refractivity contribution in [3.63, 3.8) is 0 Å². The lowest BCUT2D eigenvalue weighted by molar-refractivity contribution is -0.116. The number of hydrogen-bond donors (Lipinski definition) is 4. The van der Waals surface area contributed by atoms with Gasteiger partial charge < -0.3 is 25.6 Å². The number of carbonyl (C=O) groups excluding carboxylic acids is 3. The summed E-state index contributed by atoms with van der Waals surface area (Å²) in [5.41, 5.74) is 2.23. The fraction of sp³-hybridized carbons (Fsp3) is 0.111. The number of aromatic carboxylic acids is 1. The molecule has 4 aromatic rings. The molecule has 1 heterocycles. The summed E-state index contributed by atoms with van der Waals surface area (Å²) in [6.07, 6.45) is 0.236. The number of nitriles is 1. The molecule has 4 N–H and O–H groups in total. The average molecular weight is 511 g/mol. The molecule has 0 aliphatic carbocycles. The first-order chi connectivity index (χ1) is 18.2. The molecule has 4 rings (SSSR count). The Kier molecular flexibility index (Phi) is 7.16. The lowest BCUT2D eigenvalue weighted by atomic mass is 10.00. The number of amides is 3. The summed E-state index contributed by atoms with van der Waals surface area (Å²) in [5, 5.41) is 30.8. The molecule has 11 nitrogen and oxygen atoms in total. The van der Waals surface area contributed by atoms with Crippen molar-refractivity contribution in [2.45, 2.75) is 20.3 Å². The summed E-state index contributed by atoms with van der Waals surface area (Å²) in [6, 6.07) is 15.8. The molecule has 0 aliphatic rings. The predicted molar refractivity (Wildman–Crippen MR) is 139 cm³/mol. The molecule has 0 fully saturated rings. The normalized spacial score (nSPS) is 10.4. The van der Waals surface area contributed by atoms with Crippen LogP contribution < -0.4 is 16.0 Å². The Morgan fingerprint density at radius 2 is 1.71 bits per heavy atom. The second-order valence-corrected chi connectivity index (χ2v) is 8.22. The number of carboxylic acids is 1. The molecule has 3 amide bonds. The molecule has 0 unspecified atom stereocenters. The van der Waals surface area contributed by atoms with Crippen LogP contribution in [-0.2, 0) is 9.59 Å². The molecule has 0 radical (unpaired) electrons. The number of benzene rings is 3. The zero-order chi connectivity index (χ0) is 27.4. The standard InChI is InChI=1S/C27H21N5O6/c1-3-24(34)30-22-12-23-20(11-18(22)16-5-7-17(8-6-16)29-14(2)33)25(32-38-23)26(35)31-21-9-4-15(13-28)10-19(21)27(36)37/h4-12H,3H2,1-2H3,(H,29,33)(H,30,34)(H,31,35)(H,36,37). The highest BCUT2D eigenvalue weighted by Crippen LogP contribution is 2.35. The summed E-state index contributed by atoms with van der Waals surface area (Å²) in [7, 11) is 0. The van der Waals surface area contributed by atoms with Crippen molar-refractivity contribution in [1.82, 2.24) is 5.16 Å². The fourth-order valence-corrected chi connectivity index (χ4v) is 3.75. The number of hydrogen-bond acceptors (Lipinski definition) is 7. The lowest BCUT2D eigenvalue weighted by Crippen LogP contribution is -2.15. The van der Waals surface area contributed by atoms with Gasteiger partial charge in [-0.15, -0.1) is 0 Å². The van der Waals surface area contributed by atoms with E-state index >= 15 is 0 Å². The number of rotatable bonds is 7. The molecule has 0 saturated carbocycles. The summed E-state index contributed by atoms with van der Waals surface area (Å²) >= 11 is 0. The first-order valence-corrected chi connectivity index (χ1v) is 11.4. The molecule has 11 heteroatoms. The van der Waals surface area contributed by atoms with E-state index in [1.54, 1.807) is 43.3 Å². The molecule has 0 bridgehead atoms. The topological polar surface area (TPSA) is 174 Å². The van der Waals surface area contributed by atoms with Crippen LogP contribution in [0.1, 0.15) is 46.7 Å². The van der Waals surface area contributed by atoms with E-state index in [-0.39, 0.29) is 46.3 Å². The third kappa shape index (κ3) is 5.34. The minimum Gasteiger partial charge on any atom is -0.478 e. The van der Waals surface area contributed by atoms with Gasteiger partial charge in [-0.1, -0.05) is 24.2 Å². The maximum atomic E-state index is 13.1. The number of aromatic nitrogens is 1. The molecule has 0 spiro atoms. The van der Waals surface area contributed by atoms with Crippen molar-refractivity contribution >= 4 is 51.7 Å². The summed E-state index contributed by atoms with van der Waals surface area (Å²) in [6.45, 7) is 3.11. The highest BCUT2D eigenvalue weighted by molar-refractivity contribution is 6.14. The van der Waals surface area contributed by atoms with Gasteiger partial charge in [0.1, 0.15) is 0 Å². The van der Waals surface area contributed by atoms with Gasteiger partial charge in [0.2, 0.25) is 11.8 Å². The van der Waals surface area contributed by atoms with Crippen LogP contribution in [0.15, 0.2) is 59.1 Å². The van der Waals surface area contributed by atoms with E-state index in [0.717, 1.165) is 6.07 Å². The van der Waals surface area contributed by atoms with Gasteiger partial charge in [0.05, 0.1) is 34.0 Å². The van der Waals surface area contributed by atoms with Crippen molar-refractivity contribution in [3.05, 3.63) is 71.4 Å². The molecule has 1 aromatic heterocycles. The van der Waals surface area contributed by atoms with Gasteiger partial charge in [-0.25, -0.2) is 4.79 Å². The Balaban J connectivity index is 1.77. The molecule has 0 atom stereocenters. The Hall–Kier alpha value is -5.50. The van der Waals surface area contributed by atoms with Gasteiger partial charge in [-0.05, 0) is 42.0 Å². The van der Waals surface area contributed by atoms with Crippen LogP contribution in [0.5, 0.6) is 0 Å². The Morgan fingerprint density at radius 3 is 2.34 bits per heavy atom. The van der Waals surface area contributed by atoms with E-state index in [1.165, 1.54) is 19.1 Å². The zero-order valence-electron chi connectivity index (χ0n) is 20.3. The zero-order valence-corrected chi connectivity index (χ0v) is 20.3. The van der Waals surface area contributed by atoms with Crippen LogP contribution in [0.4, 0.5) is 17.1 Å². The molecular weight excluding hydrogens is 490 g/mol. The minimum absolute atomic E-state index is 0.0155. The summed E-state index contributed by atoms with van der Waals surface area (Å²) < 4.78 is 5.36. The maximum Gasteiger partial charge on any atom is 0.337 e. The number of anilines is 3. The van der Waals surface area contributed by atoms with Gasteiger partial charge in [0.15, 0.2) is 11.3 Å². The lowest BCUT2D eigenvalue weighted by Gasteiger charge is -2.12. The van der Waals surface area contributed by atoms with Gasteiger partial charge in [0.25, 0.3) is 5.91 Å². The number of nitrogens with one attached hydrogen (secondary N) is 3. The number of fused-ring (bicyclic) bond motifs is 1. The van der Waals surface area contributed by atoms with Crippen molar-refractivity contribution in [3.8, 4) is 17.2 Å². The first-order valence-electron chi connectivity index (χ1n) is 11.4. The summed E-state index contributed by atoms with van der Waals surface area (Å²) in [4.78, 5) is 48.3. The molecule has 38 heavy (non-hydrogen) atoms. The highest BCUT2D eigenvalue weighted by atomic mass is 16.5. The van der Waals surface area contributed by atoms with Gasteiger partial charge in [0, 0.05) is 30.7 Å². The molecule has 0 saturated heterocycles. The summed E-state index contributed by atoms with van der Waals surface area (Å²) in [5.74, 6) is -2.50. The highest BCUT2D eigenvalue weighted by Gasteiger charge is 2.22. The van der Waals surface area contributed by atoms with Gasteiger partial charge >= 0.3 is 5.97 Å². The molecule has 190 valence electrons. The predicted octanol–water partition coefficient (Wildman–Crippen LogP) is 4.62. The van der Waals surface area contributed by atoms with Crippen LogP contribution in [0.3, 0.4) is 0 Å². The van der Waals surface area contributed by atoms with E-state index in [1.807, 2.05) is 6.07 Å². The smallest absolute Gasteiger partial charge is 0.337 e. The Labute approximate surface area is 216 Å². The van der Waals surface area contributed by atoms with Crippen molar-refractivity contribution in [2.75, 3.05) is 16.0 Å². The van der Waals surface area contributed by atoms with Crippen molar-refractivity contribution in [2.24, 2.45) is 0 Å². The first kappa shape index (κ1) is 25.6. The second kappa shape index (κ2) is 10.6. The van der Waals surface area contributed by atoms with Crippen molar-refractivity contribution < 1.29 is 28.8 Å². The minimum atomic E-state index is -1.32. The van der Waals surface area contributed by atoms with E-state index in [4.69, 9.17) is 9.78 Å². The monoisotopic (exact) mass is 511 g/mol. The quantitative estimate of drug-likeness (QED) is 0.278. The molecule has 3 aromatic carbocycles. The fourth-order valence-electron chi connectivity index (χ4n) is 3.75.